The molecular weight excluding hydrogens is 535 g/mol. The van der Waals surface area contributed by atoms with Gasteiger partial charge in [-0.25, -0.2) is 9.37 Å². The maximum Gasteiger partial charge on any atom is 0.238 e. The van der Waals surface area contributed by atoms with E-state index in [2.05, 4.69) is 77.8 Å². The lowest BCUT2D eigenvalue weighted by molar-refractivity contribution is -0.115. The number of H-pyrrole nitrogens is 1. The van der Waals surface area contributed by atoms with Crippen LogP contribution in [0.25, 0.3) is 22.5 Å². The average Bonchev–Trinajstić information content (AvgIpc) is 3.73. The number of carbonyl (C=O) groups excluding carboxylic acids is 1. The highest BCUT2D eigenvalue weighted by Crippen LogP contribution is 2.34. The fourth-order valence-corrected chi connectivity index (χ4v) is 6.10. The van der Waals surface area contributed by atoms with Crippen LogP contribution in [-0.4, -0.2) is 22.4 Å². The van der Waals surface area contributed by atoms with Crippen molar-refractivity contribution in [2.75, 3.05) is 11.9 Å². The van der Waals surface area contributed by atoms with Crippen molar-refractivity contribution in [3.8, 4) is 22.5 Å². The monoisotopic (exact) mass is 582 g/mol. The van der Waals surface area contributed by atoms with Crippen LogP contribution in [0.1, 0.15) is 83.3 Å². The standard InChI is InChI=1S/C31H35FN4O.C6H12/c1-4-15-31(16-5-2,35-21-29(37)36-27-13-14-28(32)22(3)19-27)26-11-9-23(10-12-26)24-7-6-8-25(20-24)30-33-17-18-34-30;1-6-4-2-3-5-6/h6-14,17-20,35H,4-5,15-16,21H2,1-3H3,(H,33,34)(H,36,37);6H,2-5H2,1H3. The fourth-order valence-electron chi connectivity index (χ4n) is 6.10. The summed E-state index contributed by atoms with van der Waals surface area (Å²) in [6.07, 6.45) is 13.3. The molecule has 0 saturated heterocycles. The van der Waals surface area contributed by atoms with E-state index in [1.165, 1.54) is 37.3 Å². The molecule has 5 rings (SSSR count). The van der Waals surface area contributed by atoms with Crippen molar-refractivity contribution in [3.05, 3.63) is 96.1 Å². The lowest BCUT2D eigenvalue weighted by Crippen LogP contribution is -2.46. The number of aromatic amines is 1. The molecule has 1 saturated carbocycles. The molecule has 0 bridgehead atoms. The zero-order valence-corrected chi connectivity index (χ0v) is 26.2. The number of amides is 1. The first-order chi connectivity index (χ1) is 20.8. The molecule has 0 unspecified atom stereocenters. The molecule has 0 radical (unpaired) electrons. The predicted molar refractivity (Wildman–Crippen MR) is 176 cm³/mol. The molecule has 1 aliphatic carbocycles. The number of aryl methyl sites for hydroxylation is 1. The molecule has 1 heterocycles. The van der Waals surface area contributed by atoms with Gasteiger partial charge in [-0.1, -0.05) is 102 Å². The lowest BCUT2D eigenvalue weighted by atomic mass is 9.81. The van der Waals surface area contributed by atoms with Gasteiger partial charge in [0.25, 0.3) is 0 Å². The van der Waals surface area contributed by atoms with Gasteiger partial charge in [0.1, 0.15) is 11.6 Å². The van der Waals surface area contributed by atoms with E-state index in [4.69, 9.17) is 0 Å². The van der Waals surface area contributed by atoms with Gasteiger partial charge in [0, 0.05) is 29.2 Å². The third kappa shape index (κ3) is 8.87. The molecular formula is C37H47FN4O. The second kappa shape index (κ2) is 15.6. The number of hydrogen-bond acceptors (Lipinski definition) is 3. The smallest absolute Gasteiger partial charge is 0.238 e. The van der Waals surface area contributed by atoms with Crippen molar-refractivity contribution in [1.29, 1.82) is 0 Å². The molecule has 5 nitrogen and oxygen atoms in total. The van der Waals surface area contributed by atoms with Gasteiger partial charge in [0.05, 0.1) is 6.54 Å². The van der Waals surface area contributed by atoms with Crippen LogP contribution in [0.15, 0.2) is 79.1 Å². The molecule has 3 N–H and O–H groups in total. The van der Waals surface area contributed by atoms with E-state index in [1.54, 1.807) is 25.3 Å². The number of nitrogens with zero attached hydrogens (tertiary/aromatic N) is 1. The lowest BCUT2D eigenvalue weighted by Gasteiger charge is -2.35. The summed E-state index contributed by atoms with van der Waals surface area (Å²) in [6.45, 7) is 8.54. The number of nitrogens with one attached hydrogen (secondary N) is 3. The van der Waals surface area contributed by atoms with E-state index in [0.717, 1.165) is 54.1 Å². The summed E-state index contributed by atoms with van der Waals surface area (Å²) in [7, 11) is 0. The van der Waals surface area contributed by atoms with Gasteiger partial charge >= 0.3 is 0 Å². The van der Waals surface area contributed by atoms with Crippen molar-refractivity contribution in [2.45, 2.75) is 84.6 Å². The number of imidazole rings is 1. The first-order valence-corrected chi connectivity index (χ1v) is 15.8. The minimum atomic E-state index is -0.311. The van der Waals surface area contributed by atoms with Crippen molar-refractivity contribution in [1.82, 2.24) is 15.3 Å². The number of aromatic nitrogens is 2. The van der Waals surface area contributed by atoms with Crippen molar-refractivity contribution in [2.24, 2.45) is 5.92 Å². The Morgan fingerprint density at radius 1 is 0.953 bits per heavy atom. The van der Waals surface area contributed by atoms with Gasteiger partial charge in [-0.05, 0) is 72.2 Å². The third-order valence-corrected chi connectivity index (χ3v) is 8.43. The SMILES string of the molecule is CC1CCCC1.CCCC(CCC)(NCC(=O)Nc1ccc(F)c(C)c1)c1ccc(-c2cccc(-c3ncc[nH]3)c2)cc1. The fraction of sp³-hybridized carbons (Fsp3) is 0.405. The maximum atomic E-state index is 13.6. The number of halogens is 1. The average molecular weight is 583 g/mol. The van der Waals surface area contributed by atoms with Crippen molar-refractivity contribution in [3.63, 3.8) is 0 Å². The topological polar surface area (TPSA) is 69.8 Å². The van der Waals surface area contributed by atoms with Crippen LogP contribution in [0.2, 0.25) is 0 Å². The first kappa shape index (κ1) is 32.2. The van der Waals surface area contributed by atoms with E-state index in [-0.39, 0.29) is 23.8 Å². The summed E-state index contributed by atoms with van der Waals surface area (Å²) in [5.41, 5.74) is 5.26. The summed E-state index contributed by atoms with van der Waals surface area (Å²) >= 11 is 0. The van der Waals surface area contributed by atoms with Crippen LogP contribution in [0, 0.1) is 18.7 Å². The molecule has 3 aromatic carbocycles. The Balaban J connectivity index is 0.000000628. The summed E-state index contributed by atoms with van der Waals surface area (Å²) in [5.74, 6) is 1.47. The van der Waals surface area contributed by atoms with E-state index >= 15 is 0 Å². The Kier molecular flexibility index (Phi) is 11.7. The summed E-state index contributed by atoms with van der Waals surface area (Å²) in [6, 6.07) is 21.6. The first-order valence-electron chi connectivity index (χ1n) is 15.8. The summed E-state index contributed by atoms with van der Waals surface area (Å²) < 4.78 is 13.6. The van der Waals surface area contributed by atoms with Crippen molar-refractivity contribution >= 4 is 11.6 Å². The van der Waals surface area contributed by atoms with Crippen LogP contribution >= 0.6 is 0 Å². The number of benzene rings is 3. The van der Waals surface area contributed by atoms with E-state index in [0.29, 0.717) is 11.3 Å². The molecule has 6 heteroatoms. The zero-order valence-electron chi connectivity index (χ0n) is 26.2. The maximum absolute atomic E-state index is 13.6. The molecule has 228 valence electrons. The summed E-state index contributed by atoms with van der Waals surface area (Å²) in [5, 5.41) is 6.48. The molecule has 1 aliphatic rings. The summed E-state index contributed by atoms with van der Waals surface area (Å²) in [4.78, 5) is 20.3. The highest BCUT2D eigenvalue weighted by molar-refractivity contribution is 5.92. The second-order valence-electron chi connectivity index (χ2n) is 11.9. The molecule has 1 aromatic heterocycles. The Hall–Kier alpha value is -3.77. The van der Waals surface area contributed by atoms with Crippen molar-refractivity contribution < 1.29 is 9.18 Å². The molecule has 0 aliphatic heterocycles. The highest BCUT2D eigenvalue weighted by Gasteiger charge is 2.30. The van der Waals surface area contributed by atoms with Crippen LogP contribution in [0.3, 0.4) is 0 Å². The quantitative estimate of drug-likeness (QED) is 0.165. The molecule has 1 fully saturated rings. The van der Waals surface area contributed by atoms with E-state index in [9.17, 15) is 9.18 Å². The predicted octanol–water partition coefficient (Wildman–Crippen LogP) is 9.41. The normalized spacial score (nSPS) is 13.4. The van der Waals surface area contributed by atoms with Gasteiger partial charge in [-0.3, -0.25) is 10.1 Å². The van der Waals surface area contributed by atoms with Gasteiger partial charge in [0.15, 0.2) is 0 Å². The number of hydrogen-bond donors (Lipinski definition) is 3. The van der Waals surface area contributed by atoms with E-state index in [1.807, 2.05) is 18.3 Å². The zero-order chi connectivity index (χ0) is 30.7. The van der Waals surface area contributed by atoms with Gasteiger partial charge in [0.2, 0.25) is 5.91 Å². The van der Waals surface area contributed by atoms with Crippen LogP contribution in [-0.2, 0) is 10.3 Å². The molecule has 1 amide bonds. The van der Waals surface area contributed by atoms with Crippen LogP contribution in [0.4, 0.5) is 10.1 Å². The van der Waals surface area contributed by atoms with E-state index < -0.39 is 0 Å². The molecule has 4 aromatic rings. The van der Waals surface area contributed by atoms with Gasteiger partial charge in [-0.2, -0.15) is 0 Å². The Labute approximate surface area is 256 Å². The van der Waals surface area contributed by atoms with Crippen LogP contribution < -0.4 is 10.6 Å². The molecule has 0 spiro atoms. The number of anilines is 1. The Morgan fingerprint density at radius 2 is 1.65 bits per heavy atom. The minimum Gasteiger partial charge on any atom is -0.345 e. The van der Waals surface area contributed by atoms with Gasteiger partial charge in [-0.15, -0.1) is 0 Å². The second-order valence-corrected chi connectivity index (χ2v) is 11.9. The number of carbonyl (C=O) groups is 1. The third-order valence-electron chi connectivity index (χ3n) is 8.43. The molecule has 0 atom stereocenters. The number of rotatable bonds is 11. The van der Waals surface area contributed by atoms with Crippen LogP contribution in [0.5, 0.6) is 0 Å². The molecule has 43 heavy (non-hydrogen) atoms. The highest BCUT2D eigenvalue weighted by atomic mass is 19.1. The Bertz CT molecular complexity index is 1420. The van der Waals surface area contributed by atoms with Gasteiger partial charge < -0.3 is 10.3 Å². The Morgan fingerprint density at radius 3 is 2.23 bits per heavy atom. The minimum absolute atomic E-state index is 0.144. The largest absolute Gasteiger partial charge is 0.345 e.